The predicted octanol–water partition coefficient (Wildman–Crippen LogP) is 9.75. The van der Waals surface area contributed by atoms with Crippen LogP contribution in [0, 0.1) is 0 Å². The number of halogens is 2. The third kappa shape index (κ3) is 43.0. The molecule has 59 heavy (non-hydrogen) atoms. The smallest absolute Gasteiger partial charge is 0.462 e. The Labute approximate surface area is 368 Å². The average molecular weight is 910 g/mol. The molecule has 0 aromatic heterocycles. The quantitative estimate of drug-likeness (QED) is 0.0225. The van der Waals surface area contributed by atoms with Crippen LogP contribution in [-0.2, 0) is 51.7 Å². The molecule has 0 aliphatic carbocycles. The molecule has 0 bridgehead atoms. The van der Waals surface area contributed by atoms with Gasteiger partial charge in [-0.25, -0.2) is 4.57 Å². The van der Waals surface area contributed by atoms with Crippen molar-refractivity contribution in [1.29, 1.82) is 0 Å². The van der Waals surface area contributed by atoms with E-state index in [4.69, 9.17) is 39.5 Å². The largest absolute Gasteiger partial charge is 0.472 e. The first-order valence-corrected chi connectivity index (χ1v) is 23.8. The lowest BCUT2D eigenvalue weighted by Crippen LogP contribution is -2.31. The van der Waals surface area contributed by atoms with Gasteiger partial charge in [0.1, 0.15) is 13.2 Å². The lowest BCUT2D eigenvalue weighted by molar-refractivity contribution is -0.162. The van der Waals surface area contributed by atoms with Crippen molar-refractivity contribution in [3.05, 3.63) is 0 Å². The van der Waals surface area contributed by atoms with Gasteiger partial charge in [0.15, 0.2) is 12.2 Å². The van der Waals surface area contributed by atoms with Crippen molar-refractivity contribution in [2.24, 2.45) is 11.5 Å². The van der Waals surface area contributed by atoms with Crippen molar-refractivity contribution < 1.29 is 56.6 Å². The lowest BCUT2D eigenvalue weighted by Gasteiger charge is -2.22. The van der Waals surface area contributed by atoms with Crippen LogP contribution < -0.4 is 11.5 Å². The molecule has 0 saturated heterocycles. The number of carbonyl (C=O) groups excluding carboxylic acids is 4. The summed E-state index contributed by atoms with van der Waals surface area (Å²) in [5.41, 5.74) is 10.9. The highest BCUT2D eigenvalue weighted by Crippen LogP contribution is 2.43. The van der Waals surface area contributed by atoms with Gasteiger partial charge in [-0.05, 0) is 38.8 Å². The van der Waals surface area contributed by atoms with Gasteiger partial charge in [-0.1, -0.05) is 142 Å². The lowest BCUT2D eigenvalue weighted by atomic mass is 10.1. The van der Waals surface area contributed by atoms with E-state index in [1.54, 1.807) is 0 Å². The Morgan fingerprint density at radius 2 is 0.712 bits per heavy atom. The SMILES string of the molecule is CCCCCCCCCCCCCC(=O)OCC(COP(=O)(O)OCC(COC(=O)CCCN)OC(=O)CCCN)OC(=O)CCCCCCCCCCCCC.Cl.Cl. The second-order valence-electron chi connectivity index (χ2n) is 15.0. The molecule has 17 heteroatoms. The van der Waals surface area contributed by atoms with Crippen molar-refractivity contribution in [3.63, 3.8) is 0 Å². The molecule has 0 saturated carbocycles. The van der Waals surface area contributed by atoms with Crippen LogP contribution in [0.1, 0.15) is 194 Å². The minimum absolute atomic E-state index is 0. The van der Waals surface area contributed by atoms with Crippen molar-refractivity contribution in [2.75, 3.05) is 39.5 Å². The molecule has 0 heterocycles. The summed E-state index contributed by atoms with van der Waals surface area (Å²) in [5.74, 6) is -2.22. The van der Waals surface area contributed by atoms with E-state index in [1.807, 2.05) is 0 Å². The number of ether oxygens (including phenoxy) is 4. The Hall–Kier alpha value is -1.51. The topological polar surface area (TPSA) is 213 Å². The molecular weight excluding hydrogens is 826 g/mol. The molecule has 0 rings (SSSR count). The molecule has 5 N–H and O–H groups in total. The van der Waals surface area contributed by atoms with Crippen LogP contribution in [0.5, 0.6) is 0 Å². The van der Waals surface area contributed by atoms with Crippen LogP contribution in [0.15, 0.2) is 0 Å². The van der Waals surface area contributed by atoms with Crippen LogP contribution in [0.2, 0.25) is 0 Å². The van der Waals surface area contributed by atoms with Gasteiger partial charge in [0, 0.05) is 25.7 Å². The molecule has 0 aliphatic heterocycles. The van der Waals surface area contributed by atoms with E-state index in [0.717, 1.165) is 38.5 Å². The number of hydrogen-bond donors (Lipinski definition) is 3. The molecule has 0 fully saturated rings. The van der Waals surface area contributed by atoms with E-state index in [2.05, 4.69) is 13.8 Å². The maximum absolute atomic E-state index is 12.9. The molecule has 0 radical (unpaired) electrons. The predicted molar refractivity (Wildman–Crippen MR) is 237 cm³/mol. The molecule has 0 aliphatic rings. The van der Waals surface area contributed by atoms with E-state index >= 15 is 0 Å². The summed E-state index contributed by atoms with van der Waals surface area (Å²) in [4.78, 5) is 60.0. The van der Waals surface area contributed by atoms with Gasteiger partial charge in [-0.2, -0.15) is 0 Å². The number of phosphoric acid groups is 1. The van der Waals surface area contributed by atoms with Crippen molar-refractivity contribution in [1.82, 2.24) is 0 Å². The van der Waals surface area contributed by atoms with Crippen molar-refractivity contribution in [3.8, 4) is 0 Å². The number of esters is 4. The minimum atomic E-state index is -4.81. The number of hydrogen-bond acceptors (Lipinski definition) is 13. The van der Waals surface area contributed by atoms with Crippen LogP contribution in [0.25, 0.3) is 0 Å². The normalized spacial score (nSPS) is 13.0. The Bertz CT molecular complexity index is 1060. The highest BCUT2D eigenvalue weighted by Gasteiger charge is 2.29. The third-order valence-electron chi connectivity index (χ3n) is 9.44. The Balaban J connectivity index is -0.0000157. The van der Waals surface area contributed by atoms with Gasteiger partial charge in [0.05, 0.1) is 13.2 Å². The zero-order valence-corrected chi connectivity index (χ0v) is 39.1. The molecule has 0 spiro atoms. The fraction of sp³-hybridized carbons (Fsp3) is 0.905. The highest BCUT2D eigenvalue weighted by molar-refractivity contribution is 7.47. The molecule has 3 unspecified atom stereocenters. The van der Waals surface area contributed by atoms with Gasteiger partial charge in [0.2, 0.25) is 0 Å². The van der Waals surface area contributed by atoms with E-state index in [0.29, 0.717) is 25.7 Å². The molecule has 352 valence electrons. The van der Waals surface area contributed by atoms with Crippen LogP contribution >= 0.6 is 32.6 Å². The Morgan fingerprint density at radius 3 is 1.03 bits per heavy atom. The monoisotopic (exact) mass is 909 g/mol. The van der Waals surface area contributed by atoms with E-state index < -0.39 is 63.7 Å². The van der Waals surface area contributed by atoms with Crippen molar-refractivity contribution >= 4 is 56.5 Å². The van der Waals surface area contributed by atoms with E-state index in [9.17, 15) is 28.6 Å². The third-order valence-corrected chi connectivity index (χ3v) is 10.4. The Morgan fingerprint density at radius 1 is 0.441 bits per heavy atom. The molecular formula is C42H83Cl2N2O12P. The first-order valence-electron chi connectivity index (χ1n) is 22.3. The fourth-order valence-corrected chi connectivity index (χ4v) is 6.77. The summed E-state index contributed by atoms with van der Waals surface area (Å²) < 4.78 is 44.5. The van der Waals surface area contributed by atoms with Crippen LogP contribution in [0.3, 0.4) is 0 Å². The summed E-state index contributed by atoms with van der Waals surface area (Å²) in [6.45, 7) is 2.95. The molecule has 3 atom stereocenters. The minimum Gasteiger partial charge on any atom is -0.462 e. The van der Waals surface area contributed by atoms with Gasteiger partial charge in [-0.15, -0.1) is 24.8 Å². The zero-order chi connectivity index (χ0) is 42.2. The standard InChI is InChI=1S/C42H81N2O12P.2ClH/c1-3-5-7-9-11-13-15-17-19-21-23-27-39(45)51-33-37(55-41(47)28-24-22-20-18-16-14-12-10-8-6-4-2)35-53-57(49,50)54-36-38(56-42(48)30-26-32-44)34-52-40(46)29-25-31-43;;/h37-38H,3-36,43-44H2,1-2H3,(H,49,50);2*1H. The number of carbonyl (C=O) groups is 4. The summed E-state index contributed by atoms with van der Waals surface area (Å²) >= 11 is 0. The summed E-state index contributed by atoms with van der Waals surface area (Å²) in [5, 5.41) is 0. The van der Waals surface area contributed by atoms with Crippen LogP contribution in [-0.4, -0.2) is 80.5 Å². The summed E-state index contributed by atoms with van der Waals surface area (Å²) in [6.07, 6.45) is 23.9. The van der Waals surface area contributed by atoms with Gasteiger partial charge in [0.25, 0.3) is 0 Å². The van der Waals surface area contributed by atoms with E-state index in [-0.39, 0.29) is 70.2 Å². The second-order valence-corrected chi connectivity index (χ2v) is 16.5. The summed E-state index contributed by atoms with van der Waals surface area (Å²) in [7, 11) is -4.81. The molecule has 0 amide bonds. The number of rotatable bonds is 42. The van der Waals surface area contributed by atoms with E-state index in [1.165, 1.54) is 89.9 Å². The maximum Gasteiger partial charge on any atom is 0.472 e. The molecule has 0 aromatic carbocycles. The number of phosphoric ester groups is 1. The first-order chi connectivity index (χ1) is 27.6. The van der Waals surface area contributed by atoms with Gasteiger partial charge in [-0.3, -0.25) is 28.2 Å². The fourth-order valence-electron chi connectivity index (χ4n) is 5.99. The highest BCUT2D eigenvalue weighted by atomic mass is 35.5. The average Bonchev–Trinajstić information content (AvgIpc) is 3.19. The first kappa shape index (κ1) is 61.8. The van der Waals surface area contributed by atoms with Crippen LogP contribution in [0.4, 0.5) is 0 Å². The maximum atomic E-state index is 12.9. The molecule has 14 nitrogen and oxygen atoms in total. The summed E-state index contributed by atoms with van der Waals surface area (Å²) in [6, 6.07) is 0. The van der Waals surface area contributed by atoms with Gasteiger partial charge < -0.3 is 35.3 Å². The Kier molecular flexibility index (Phi) is 46.6. The van der Waals surface area contributed by atoms with Crippen molar-refractivity contribution in [2.45, 2.75) is 206 Å². The number of unbranched alkanes of at least 4 members (excludes halogenated alkanes) is 20. The number of nitrogens with two attached hydrogens (primary N) is 2. The van der Waals surface area contributed by atoms with Gasteiger partial charge >= 0.3 is 31.7 Å². The second kappa shape index (κ2) is 44.5. The molecule has 0 aromatic rings. The zero-order valence-electron chi connectivity index (χ0n) is 36.6.